The molecule has 0 bridgehead atoms. The van der Waals surface area contributed by atoms with Crippen LogP contribution in [-0.2, 0) is 21.2 Å². The first-order valence-corrected chi connectivity index (χ1v) is 11.4. The van der Waals surface area contributed by atoms with Gasteiger partial charge in [-0.3, -0.25) is 19.1 Å². The van der Waals surface area contributed by atoms with Crippen molar-refractivity contribution in [2.45, 2.75) is 38.1 Å². The van der Waals surface area contributed by atoms with Crippen LogP contribution in [0.1, 0.15) is 26.7 Å². The van der Waals surface area contributed by atoms with Crippen molar-refractivity contribution in [1.29, 1.82) is 0 Å². The number of nitrogen functional groups attached to an aromatic ring is 1. The molecule has 0 radical (unpaired) electrons. The molecule has 1 heterocycles. The van der Waals surface area contributed by atoms with Crippen LogP contribution in [0.25, 0.3) is 0 Å². The zero-order valence-electron chi connectivity index (χ0n) is 17.3. The summed E-state index contributed by atoms with van der Waals surface area (Å²) in [6, 6.07) is 5.76. The van der Waals surface area contributed by atoms with Crippen molar-refractivity contribution in [2.24, 2.45) is 0 Å². The number of likely N-dealkylation sites (N-methyl/N-ethyl adjacent to an activating group) is 1. The summed E-state index contributed by atoms with van der Waals surface area (Å²) < 4.78 is 24.3. The van der Waals surface area contributed by atoms with Crippen molar-refractivity contribution in [3.8, 4) is 0 Å². The molecule has 0 fully saturated rings. The number of carbonyl (C=O) groups is 1. The third-order valence-electron chi connectivity index (χ3n) is 4.55. The number of carbonyl (C=O) groups excluding carboxylic acids is 1. The van der Waals surface area contributed by atoms with Crippen molar-refractivity contribution >= 4 is 32.9 Å². The van der Waals surface area contributed by atoms with E-state index in [4.69, 9.17) is 5.73 Å². The lowest BCUT2D eigenvalue weighted by molar-refractivity contribution is -0.115. The predicted molar refractivity (Wildman–Crippen MR) is 117 cm³/mol. The fourth-order valence-electron chi connectivity index (χ4n) is 2.93. The highest BCUT2D eigenvalue weighted by Gasteiger charge is 2.20. The highest BCUT2D eigenvalue weighted by molar-refractivity contribution is 7.90. The quantitative estimate of drug-likeness (QED) is 0.525. The largest absolute Gasteiger partial charge is 0.383 e. The van der Waals surface area contributed by atoms with Crippen LogP contribution in [0.4, 0.5) is 17.2 Å². The maximum Gasteiger partial charge on any atom is 0.330 e. The van der Waals surface area contributed by atoms with Crippen molar-refractivity contribution in [3.05, 3.63) is 45.1 Å². The van der Waals surface area contributed by atoms with E-state index in [0.29, 0.717) is 25.2 Å². The zero-order chi connectivity index (χ0) is 22.5. The molecule has 1 aromatic carbocycles. The SMILES string of the molecule is CCCCn1c(N)c(N(CC)CC(=O)Nc2ccc(S(C)(=O)=O)cc2)c(=O)[nH]c1=O. The first-order valence-electron chi connectivity index (χ1n) is 9.56. The van der Waals surface area contributed by atoms with Crippen LogP contribution in [0.5, 0.6) is 0 Å². The van der Waals surface area contributed by atoms with Gasteiger partial charge in [-0.25, -0.2) is 13.2 Å². The van der Waals surface area contributed by atoms with Gasteiger partial charge in [0.2, 0.25) is 5.91 Å². The van der Waals surface area contributed by atoms with Crippen molar-refractivity contribution in [1.82, 2.24) is 9.55 Å². The van der Waals surface area contributed by atoms with Gasteiger partial charge < -0.3 is 16.0 Å². The molecular weight excluding hydrogens is 410 g/mol. The maximum atomic E-state index is 12.5. The number of aromatic nitrogens is 2. The number of nitrogens with one attached hydrogen (secondary N) is 2. The summed E-state index contributed by atoms with van der Waals surface area (Å²) in [5, 5.41) is 2.66. The molecule has 0 aliphatic carbocycles. The van der Waals surface area contributed by atoms with E-state index in [2.05, 4.69) is 10.3 Å². The number of H-pyrrole nitrogens is 1. The Kier molecular flexibility index (Phi) is 7.43. The van der Waals surface area contributed by atoms with Gasteiger partial charge in [0.1, 0.15) is 11.5 Å². The predicted octanol–water partition coefficient (Wildman–Crippen LogP) is 0.787. The first-order chi connectivity index (χ1) is 14.1. The summed E-state index contributed by atoms with van der Waals surface area (Å²) in [6.45, 7) is 4.22. The molecule has 1 aromatic heterocycles. The maximum absolute atomic E-state index is 12.5. The van der Waals surface area contributed by atoms with E-state index in [1.165, 1.54) is 33.7 Å². The second-order valence-electron chi connectivity index (χ2n) is 6.86. The topological polar surface area (TPSA) is 147 Å². The number of hydrogen-bond acceptors (Lipinski definition) is 7. The Morgan fingerprint density at radius 3 is 2.37 bits per heavy atom. The van der Waals surface area contributed by atoms with Crippen molar-refractivity contribution in [3.63, 3.8) is 0 Å². The Labute approximate surface area is 174 Å². The van der Waals surface area contributed by atoms with Crippen LogP contribution in [0.3, 0.4) is 0 Å². The van der Waals surface area contributed by atoms with E-state index in [1.807, 2.05) is 6.92 Å². The molecule has 0 unspecified atom stereocenters. The molecule has 0 spiro atoms. The van der Waals surface area contributed by atoms with Crippen LogP contribution in [0.2, 0.25) is 0 Å². The summed E-state index contributed by atoms with van der Waals surface area (Å²) in [5.41, 5.74) is 5.34. The number of anilines is 3. The van der Waals surface area contributed by atoms with Crippen molar-refractivity contribution < 1.29 is 13.2 Å². The number of nitrogens with two attached hydrogens (primary N) is 1. The lowest BCUT2D eigenvalue weighted by Gasteiger charge is -2.24. The van der Waals surface area contributed by atoms with Crippen LogP contribution in [-0.4, -0.2) is 43.2 Å². The lowest BCUT2D eigenvalue weighted by Crippen LogP contribution is -2.41. The van der Waals surface area contributed by atoms with Crippen LogP contribution < -0.4 is 27.2 Å². The molecule has 30 heavy (non-hydrogen) atoms. The highest BCUT2D eigenvalue weighted by atomic mass is 32.2. The monoisotopic (exact) mass is 437 g/mol. The molecule has 0 atom stereocenters. The highest BCUT2D eigenvalue weighted by Crippen LogP contribution is 2.18. The van der Waals surface area contributed by atoms with Gasteiger partial charge in [-0.15, -0.1) is 0 Å². The van der Waals surface area contributed by atoms with Gasteiger partial charge in [-0.1, -0.05) is 13.3 Å². The van der Waals surface area contributed by atoms with Gasteiger partial charge in [0, 0.05) is 25.0 Å². The summed E-state index contributed by atoms with van der Waals surface area (Å²) >= 11 is 0. The molecule has 2 rings (SSSR count). The Morgan fingerprint density at radius 1 is 1.20 bits per heavy atom. The number of benzene rings is 1. The average Bonchev–Trinajstić information content (AvgIpc) is 2.66. The summed E-state index contributed by atoms with van der Waals surface area (Å²) in [5.74, 6) is -0.404. The molecule has 4 N–H and O–H groups in total. The molecular formula is C19H27N5O5S. The Balaban J connectivity index is 2.23. The molecule has 10 nitrogen and oxygen atoms in total. The number of sulfone groups is 1. The molecule has 164 valence electrons. The van der Waals surface area contributed by atoms with E-state index >= 15 is 0 Å². The number of amides is 1. The lowest BCUT2D eigenvalue weighted by atomic mass is 10.3. The van der Waals surface area contributed by atoms with E-state index in [-0.39, 0.29) is 22.9 Å². The van der Waals surface area contributed by atoms with Crippen LogP contribution in [0.15, 0.2) is 38.8 Å². The van der Waals surface area contributed by atoms with Gasteiger partial charge in [0.05, 0.1) is 11.4 Å². The fraction of sp³-hybridized carbons (Fsp3) is 0.421. The second-order valence-corrected chi connectivity index (χ2v) is 8.87. The Hall–Kier alpha value is -3.08. The van der Waals surface area contributed by atoms with Gasteiger partial charge in [0.15, 0.2) is 9.84 Å². The molecule has 0 aliphatic rings. The Morgan fingerprint density at radius 2 is 1.83 bits per heavy atom. The Bertz CT molecular complexity index is 1120. The molecule has 1 amide bonds. The van der Waals surface area contributed by atoms with Crippen LogP contribution in [0, 0.1) is 0 Å². The normalized spacial score (nSPS) is 11.3. The summed E-state index contributed by atoms with van der Waals surface area (Å²) in [7, 11) is -3.33. The molecule has 11 heteroatoms. The van der Waals surface area contributed by atoms with E-state index < -0.39 is 27.0 Å². The third kappa shape index (κ3) is 5.50. The van der Waals surface area contributed by atoms with E-state index in [0.717, 1.165) is 12.7 Å². The third-order valence-corrected chi connectivity index (χ3v) is 5.68. The molecule has 0 aliphatic heterocycles. The summed E-state index contributed by atoms with van der Waals surface area (Å²) in [6.07, 6.45) is 2.66. The zero-order valence-corrected chi connectivity index (χ0v) is 18.1. The van der Waals surface area contributed by atoms with E-state index in [1.54, 1.807) is 6.92 Å². The number of nitrogens with zero attached hydrogens (tertiary/aromatic N) is 2. The smallest absolute Gasteiger partial charge is 0.330 e. The molecule has 0 saturated carbocycles. The van der Waals surface area contributed by atoms with Crippen molar-refractivity contribution in [2.75, 3.05) is 35.3 Å². The minimum atomic E-state index is -3.33. The number of hydrogen-bond donors (Lipinski definition) is 3. The molecule has 0 saturated heterocycles. The molecule has 2 aromatic rings. The standard InChI is InChI=1S/C19H27N5O5S/c1-4-6-11-24-17(20)16(18(26)22-19(24)27)23(5-2)12-15(25)21-13-7-9-14(10-8-13)30(3,28)29/h7-10H,4-6,11-12,20H2,1-3H3,(H,21,25)(H,22,26,27). The average molecular weight is 438 g/mol. The number of aromatic amines is 1. The van der Waals surface area contributed by atoms with Gasteiger partial charge in [-0.05, 0) is 37.6 Å². The summed E-state index contributed by atoms with van der Waals surface area (Å²) in [4.78, 5) is 40.8. The fourth-order valence-corrected chi connectivity index (χ4v) is 3.56. The van der Waals surface area contributed by atoms with Crippen LogP contribution >= 0.6 is 0 Å². The number of rotatable bonds is 9. The van der Waals surface area contributed by atoms with Gasteiger partial charge >= 0.3 is 5.69 Å². The first kappa shape index (κ1) is 23.2. The van der Waals surface area contributed by atoms with Gasteiger partial charge in [0.25, 0.3) is 5.56 Å². The van der Waals surface area contributed by atoms with Gasteiger partial charge in [-0.2, -0.15) is 0 Å². The number of unbranched alkanes of at least 4 members (excludes halogenated alkanes) is 1. The van der Waals surface area contributed by atoms with E-state index in [9.17, 15) is 22.8 Å². The minimum absolute atomic E-state index is 0.0179. The minimum Gasteiger partial charge on any atom is -0.383 e. The second kappa shape index (κ2) is 9.61.